The van der Waals surface area contributed by atoms with E-state index in [9.17, 15) is 8.78 Å². The monoisotopic (exact) mass is 228 g/mol. The maximum absolute atomic E-state index is 12.8. The molecule has 1 aliphatic heterocycles. The number of alkyl halides is 2. The Morgan fingerprint density at radius 2 is 1.69 bits per heavy atom. The van der Waals surface area contributed by atoms with E-state index in [1.165, 1.54) is 6.07 Å². The zero-order chi connectivity index (χ0) is 11.9. The Bertz CT molecular complexity index is 402. The summed E-state index contributed by atoms with van der Waals surface area (Å²) in [5.74, 6) is 0.962. The van der Waals surface area contributed by atoms with Crippen molar-refractivity contribution in [1.29, 1.82) is 0 Å². The third kappa shape index (κ3) is 1.96. The van der Waals surface area contributed by atoms with Crippen molar-refractivity contribution in [3.8, 4) is 11.5 Å². The molecule has 0 spiro atoms. The van der Waals surface area contributed by atoms with Gasteiger partial charge in [-0.1, -0.05) is 26.8 Å². The second-order valence-electron chi connectivity index (χ2n) is 4.41. The molecule has 0 aromatic heterocycles. The number of hydrogen-bond acceptors (Lipinski definition) is 2. The standard InChI is InChI=1S/C12H14F2O2/c1-7(2)8(3)9-4-5-10-11(6-9)16-12(13,14)15-10/h4-8H,1-3H3. The zero-order valence-corrected chi connectivity index (χ0v) is 9.46. The van der Waals surface area contributed by atoms with Crippen LogP contribution in [0.2, 0.25) is 0 Å². The van der Waals surface area contributed by atoms with E-state index in [1.54, 1.807) is 12.1 Å². The predicted octanol–water partition coefficient (Wildman–Crippen LogP) is 3.77. The lowest BCUT2D eigenvalue weighted by atomic mass is 9.90. The molecule has 1 aliphatic rings. The van der Waals surface area contributed by atoms with E-state index in [2.05, 4.69) is 30.2 Å². The van der Waals surface area contributed by atoms with Crippen molar-refractivity contribution in [3.05, 3.63) is 23.8 Å². The number of hydrogen-bond donors (Lipinski definition) is 0. The molecule has 1 unspecified atom stereocenters. The average Bonchev–Trinajstić information content (AvgIpc) is 2.48. The Balaban J connectivity index is 2.29. The first-order chi connectivity index (χ1) is 7.39. The third-order valence-corrected chi connectivity index (χ3v) is 2.95. The zero-order valence-electron chi connectivity index (χ0n) is 9.46. The van der Waals surface area contributed by atoms with Crippen molar-refractivity contribution < 1.29 is 18.3 Å². The summed E-state index contributed by atoms with van der Waals surface area (Å²) in [5, 5.41) is 0. The summed E-state index contributed by atoms with van der Waals surface area (Å²) >= 11 is 0. The Morgan fingerprint density at radius 1 is 1.06 bits per heavy atom. The number of benzene rings is 1. The predicted molar refractivity (Wildman–Crippen MR) is 55.9 cm³/mol. The Labute approximate surface area is 93.2 Å². The van der Waals surface area contributed by atoms with Gasteiger partial charge in [-0.05, 0) is 29.5 Å². The maximum atomic E-state index is 12.8. The van der Waals surface area contributed by atoms with Gasteiger partial charge in [-0.15, -0.1) is 8.78 Å². The molecule has 1 atom stereocenters. The highest BCUT2D eigenvalue weighted by Gasteiger charge is 2.43. The second-order valence-corrected chi connectivity index (χ2v) is 4.41. The molecule has 0 saturated heterocycles. The number of rotatable bonds is 2. The molecule has 0 radical (unpaired) electrons. The largest absolute Gasteiger partial charge is 0.586 e. The fourth-order valence-electron chi connectivity index (χ4n) is 1.63. The quantitative estimate of drug-likeness (QED) is 0.767. The van der Waals surface area contributed by atoms with E-state index in [0.29, 0.717) is 11.8 Å². The van der Waals surface area contributed by atoms with Gasteiger partial charge in [0, 0.05) is 0 Å². The van der Waals surface area contributed by atoms with E-state index in [0.717, 1.165) is 5.56 Å². The molecule has 0 saturated carbocycles. The van der Waals surface area contributed by atoms with Crippen molar-refractivity contribution in [2.24, 2.45) is 5.92 Å². The Kier molecular flexibility index (Phi) is 2.52. The summed E-state index contributed by atoms with van der Waals surface area (Å²) in [4.78, 5) is 0. The molecule has 2 rings (SSSR count). The maximum Gasteiger partial charge on any atom is 0.586 e. The molecule has 0 aliphatic carbocycles. The molecule has 4 heteroatoms. The van der Waals surface area contributed by atoms with Crippen LogP contribution in [0.3, 0.4) is 0 Å². The average molecular weight is 228 g/mol. The van der Waals surface area contributed by atoms with Gasteiger partial charge in [-0.3, -0.25) is 0 Å². The molecular formula is C12H14F2O2. The Hall–Kier alpha value is -1.32. The summed E-state index contributed by atoms with van der Waals surface area (Å²) in [6, 6.07) is 4.96. The van der Waals surface area contributed by atoms with Crippen LogP contribution < -0.4 is 9.47 Å². The van der Waals surface area contributed by atoms with Crippen molar-refractivity contribution in [2.75, 3.05) is 0 Å². The first-order valence-electron chi connectivity index (χ1n) is 5.29. The molecule has 16 heavy (non-hydrogen) atoms. The van der Waals surface area contributed by atoms with Crippen LogP contribution in [0.5, 0.6) is 11.5 Å². The van der Waals surface area contributed by atoms with Crippen LogP contribution in [-0.4, -0.2) is 6.29 Å². The van der Waals surface area contributed by atoms with Crippen LogP contribution in [0, 0.1) is 5.92 Å². The van der Waals surface area contributed by atoms with E-state index < -0.39 is 6.29 Å². The smallest absolute Gasteiger partial charge is 0.395 e. The van der Waals surface area contributed by atoms with Gasteiger partial charge in [0.15, 0.2) is 11.5 Å². The van der Waals surface area contributed by atoms with Gasteiger partial charge in [0.05, 0.1) is 0 Å². The molecule has 1 heterocycles. The molecular weight excluding hydrogens is 214 g/mol. The van der Waals surface area contributed by atoms with Crippen LogP contribution in [0.25, 0.3) is 0 Å². The fourth-order valence-corrected chi connectivity index (χ4v) is 1.63. The van der Waals surface area contributed by atoms with E-state index in [4.69, 9.17) is 0 Å². The van der Waals surface area contributed by atoms with E-state index in [-0.39, 0.29) is 11.5 Å². The lowest BCUT2D eigenvalue weighted by Crippen LogP contribution is -2.25. The highest BCUT2D eigenvalue weighted by atomic mass is 19.3. The number of ether oxygens (including phenoxy) is 2. The molecule has 1 aromatic carbocycles. The summed E-state index contributed by atoms with van der Waals surface area (Å²) in [5.41, 5.74) is 0.982. The van der Waals surface area contributed by atoms with Gasteiger partial charge >= 0.3 is 6.29 Å². The van der Waals surface area contributed by atoms with E-state index in [1.807, 2.05) is 0 Å². The molecule has 88 valence electrons. The van der Waals surface area contributed by atoms with Gasteiger partial charge in [0.25, 0.3) is 0 Å². The minimum absolute atomic E-state index is 0.102. The van der Waals surface area contributed by atoms with Crippen LogP contribution in [0.4, 0.5) is 8.78 Å². The fraction of sp³-hybridized carbons (Fsp3) is 0.500. The molecule has 0 bridgehead atoms. The topological polar surface area (TPSA) is 18.5 Å². The SMILES string of the molecule is CC(C)C(C)c1ccc2c(c1)OC(F)(F)O2. The summed E-state index contributed by atoms with van der Waals surface area (Å²) in [7, 11) is 0. The van der Waals surface area contributed by atoms with Gasteiger partial charge in [-0.25, -0.2) is 0 Å². The van der Waals surface area contributed by atoms with Gasteiger partial charge in [0.2, 0.25) is 0 Å². The van der Waals surface area contributed by atoms with Crippen molar-refractivity contribution >= 4 is 0 Å². The molecule has 1 aromatic rings. The molecule has 0 amide bonds. The lowest BCUT2D eigenvalue weighted by Gasteiger charge is -2.15. The third-order valence-electron chi connectivity index (χ3n) is 2.95. The van der Waals surface area contributed by atoms with Crippen LogP contribution in [-0.2, 0) is 0 Å². The minimum atomic E-state index is -3.53. The first-order valence-corrected chi connectivity index (χ1v) is 5.29. The highest BCUT2D eigenvalue weighted by Crippen LogP contribution is 2.42. The van der Waals surface area contributed by atoms with Gasteiger partial charge < -0.3 is 9.47 Å². The van der Waals surface area contributed by atoms with Crippen LogP contribution in [0.1, 0.15) is 32.3 Å². The molecule has 0 N–H and O–H groups in total. The van der Waals surface area contributed by atoms with Crippen molar-refractivity contribution in [1.82, 2.24) is 0 Å². The van der Waals surface area contributed by atoms with E-state index >= 15 is 0 Å². The second kappa shape index (κ2) is 3.61. The van der Waals surface area contributed by atoms with Crippen molar-refractivity contribution in [2.45, 2.75) is 33.0 Å². The number of fused-ring (bicyclic) bond motifs is 1. The summed E-state index contributed by atoms with van der Waals surface area (Å²) < 4.78 is 34.3. The van der Waals surface area contributed by atoms with Crippen LogP contribution in [0.15, 0.2) is 18.2 Å². The van der Waals surface area contributed by atoms with Gasteiger partial charge in [-0.2, -0.15) is 0 Å². The molecule has 2 nitrogen and oxygen atoms in total. The molecule has 0 fully saturated rings. The first kappa shape index (κ1) is 11.2. The normalized spacial score (nSPS) is 18.9. The van der Waals surface area contributed by atoms with Gasteiger partial charge in [0.1, 0.15) is 0 Å². The summed E-state index contributed by atoms with van der Waals surface area (Å²) in [6.45, 7) is 6.23. The lowest BCUT2D eigenvalue weighted by molar-refractivity contribution is -0.286. The van der Waals surface area contributed by atoms with Crippen molar-refractivity contribution in [3.63, 3.8) is 0 Å². The Morgan fingerprint density at radius 3 is 2.31 bits per heavy atom. The van der Waals surface area contributed by atoms with Crippen LogP contribution >= 0.6 is 0 Å². The summed E-state index contributed by atoms with van der Waals surface area (Å²) in [6.07, 6.45) is -3.53. The number of halogens is 2. The minimum Gasteiger partial charge on any atom is -0.395 e. The highest BCUT2D eigenvalue weighted by molar-refractivity contribution is 5.46.